The van der Waals surface area contributed by atoms with E-state index in [0.717, 1.165) is 23.3 Å². The molecule has 2 atom stereocenters. The molecule has 0 bridgehead atoms. The summed E-state index contributed by atoms with van der Waals surface area (Å²) in [5.41, 5.74) is 0.915. The van der Waals surface area contributed by atoms with Crippen molar-refractivity contribution in [3.05, 3.63) is 54.2 Å². The molecule has 0 radical (unpaired) electrons. The Morgan fingerprint density at radius 1 is 1.30 bits per heavy atom. The van der Waals surface area contributed by atoms with Crippen molar-refractivity contribution in [3.8, 4) is 0 Å². The van der Waals surface area contributed by atoms with Crippen LogP contribution in [-0.2, 0) is 0 Å². The van der Waals surface area contributed by atoms with Gasteiger partial charge in [0, 0.05) is 26.3 Å². The lowest BCUT2D eigenvalue weighted by Gasteiger charge is -2.42. The van der Waals surface area contributed by atoms with E-state index < -0.39 is 5.82 Å². The summed E-state index contributed by atoms with van der Waals surface area (Å²) in [7, 11) is 1.99. The van der Waals surface area contributed by atoms with Crippen LogP contribution in [0.3, 0.4) is 0 Å². The third-order valence-electron chi connectivity index (χ3n) is 5.47. The molecular formula is C20H22FN5O. The van der Waals surface area contributed by atoms with Crippen LogP contribution in [0.2, 0.25) is 0 Å². The molecule has 0 saturated carbocycles. The maximum Gasteiger partial charge on any atom is 0.256 e. The fourth-order valence-corrected chi connectivity index (χ4v) is 3.84. The normalized spacial score (nSPS) is 20.0. The number of rotatable bonds is 3. The minimum Gasteiger partial charge on any atom is -0.354 e. The van der Waals surface area contributed by atoms with Crippen molar-refractivity contribution < 1.29 is 9.18 Å². The zero-order chi connectivity index (χ0) is 19.0. The van der Waals surface area contributed by atoms with Gasteiger partial charge in [-0.15, -0.1) is 0 Å². The molecule has 3 heterocycles. The van der Waals surface area contributed by atoms with E-state index in [1.807, 2.05) is 19.3 Å². The number of carbonyl (C=O) groups excluding carboxylic acids is 1. The van der Waals surface area contributed by atoms with Gasteiger partial charge in [0.05, 0.1) is 17.0 Å². The van der Waals surface area contributed by atoms with E-state index in [1.54, 1.807) is 29.4 Å². The summed E-state index contributed by atoms with van der Waals surface area (Å²) >= 11 is 0. The van der Waals surface area contributed by atoms with Crippen LogP contribution >= 0.6 is 0 Å². The van der Waals surface area contributed by atoms with Crippen molar-refractivity contribution in [3.63, 3.8) is 0 Å². The highest BCUT2D eigenvalue weighted by Crippen LogP contribution is 2.29. The highest BCUT2D eigenvalue weighted by atomic mass is 19.1. The average molecular weight is 367 g/mol. The Kier molecular flexibility index (Phi) is 4.51. The summed E-state index contributed by atoms with van der Waals surface area (Å²) in [6.07, 6.45) is 4.24. The second-order valence-corrected chi connectivity index (χ2v) is 7.11. The molecule has 140 valence electrons. The van der Waals surface area contributed by atoms with E-state index >= 15 is 0 Å². The summed E-state index contributed by atoms with van der Waals surface area (Å²) < 4.78 is 14.1. The van der Waals surface area contributed by atoms with Crippen molar-refractivity contribution >= 4 is 22.8 Å². The predicted octanol–water partition coefficient (Wildman–Crippen LogP) is 3.08. The molecule has 1 aliphatic heterocycles. The molecule has 0 aliphatic carbocycles. The van der Waals surface area contributed by atoms with E-state index in [2.05, 4.69) is 26.8 Å². The first-order valence-electron chi connectivity index (χ1n) is 9.11. The Morgan fingerprint density at radius 2 is 2.11 bits per heavy atom. The van der Waals surface area contributed by atoms with Crippen molar-refractivity contribution in [2.75, 3.05) is 25.0 Å². The zero-order valence-electron chi connectivity index (χ0n) is 15.4. The lowest BCUT2D eigenvalue weighted by molar-refractivity contribution is 0.0665. The maximum absolute atomic E-state index is 14.1. The number of carbonyl (C=O) groups is 1. The molecule has 2 unspecified atom stereocenters. The van der Waals surface area contributed by atoms with Gasteiger partial charge in [0.15, 0.2) is 0 Å². The zero-order valence-corrected chi connectivity index (χ0v) is 15.4. The maximum atomic E-state index is 14.1. The van der Waals surface area contributed by atoms with Crippen molar-refractivity contribution in [2.45, 2.75) is 19.4 Å². The number of halogens is 1. The van der Waals surface area contributed by atoms with Gasteiger partial charge in [0.1, 0.15) is 23.6 Å². The number of benzene rings is 1. The standard InChI is InChI=1S/C20H22FN5O/c1-13-8-10-26(20(27)14-5-3-4-6-16(14)21)11-17(13)25(2)19-15-7-9-22-18(15)23-12-24-19/h3-7,9,12-13,17H,8,10-11H2,1-2H3,(H,22,23,24). The Bertz CT molecular complexity index is 972. The van der Waals surface area contributed by atoms with Crippen molar-refractivity contribution in [2.24, 2.45) is 5.92 Å². The Balaban J connectivity index is 1.60. The van der Waals surface area contributed by atoms with Crippen molar-refractivity contribution in [1.29, 1.82) is 0 Å². The molecule has 27 heavy (non-hydrogen) atoms. The molecule has 3 aromatic rings. The fraction of sp³-hybridized carbons (Fsp3) is 0.350. The molecule has 6 nitrogen and oxygen atoms in total. The van der Waals surface area contributed by atoms with Gasteiger partial charge in [0.2, 0.25) is 0 Å². The monoisotopic (exact) mass is 367 g/mol. The van der Waals surface area contributed by atoms with Gasteiger partial charge in [-0.1, -0.05) is 19.1 Å². The van der Waals surface area contributed by atoms with Gasteiger partial charge in [-0.25, -0.2) is 14.4 Å². The SMILES string of the molecule is CC1CCN(C(=O)c2ccccc2F)CC1N(C)c1ncnc2[nH]ccc12. The van der Waals surface area contributed by atoms with Gasteiger partial charge >= 0.3 is 0 Å². The lowest BCUT2D eigenvalue weighted by Crippen LogP contribution is -2.53. The number of amides is 1. The molecule has 0 spiro atoms. The van der Waals surface area contributed by atoms with Crippen LogP contribution < -0.4 is 4.90 Å². The van der Waals surface area contributed by atoms with Gasteiger partial charge in [-0.3, -0.25) is 4.79 Å². The minimum absolute atomic E-state index is 0.0856. The van der Waals surface area contributed by atoms with Crippen LogP contribution in [-0.4, -0.2) is 51.9 Å². The van der Waals surface area contributed by atoms with Crippen LogP contribution in [0.25, 0.3) is 11.0 Å². The highest BCUT2D eigenvalue weighted by Gasteiger charge is 2.33. The first-order valence-corrected chi connectivity index (χ1v) is 9.11. The number of likely N-dealkylation sites (N-methyl/N-ethyl adjacent to an activating group) is 1. The number of aromatic nitrogens is 3. The second-order valence-electron chi connectivity index (χ2n) is 7.11. The number of anilines is 1. The number of hydrogen-bond donors (Lipinski definition) is 1. The van der Waals surface area contributed by atoms with Crippen LogP contribution in [0.5, 0.6) is 0 Å². The van der Waals surface area contributed by atoms with Crippen LogP contribution in [0, 0.1) is 11.7 Å². The quantitative estimate of drug-likeness (QED) is 0.773. The van der Waals surface area contributed by atoms with Crippen molar-refractivity contribution in [1.82, 2.24) is 19.9 Å². The number of fused-ring (bicyclic) bond motifs is 1. The second kappa shape index (κ2) is 6.98. The minimum atomic E-state index is -0.476. The Morgan fingerprint density at radius 3 is 2.93 bits per heavy atom. The molecule has 1 aliphatic rings. The average Bonchev–Trinajstić information content (AvgIpc) is 3.16. The summed E-state index contributed by atoms with van der Waals surface area (Å²) in [5.74, 6) is 0.477. The molecule has 4 rings (SSSR count). The number of aromatic amines is 1. The van der Waals surface area contributed by atoms with E-state index in [0.29, 0.717) is 19.0 Å². The molecule has 1 amide bonds. The highest BCUT2D eigenvalue weighted by molar-refractivity contribution is 5.94. The summed E-state index contributed by atoms with van der Waals surface area (Å²) in [5, 5.41) is 0.949. The number of hydrogen-bond acceptors (Lipinski definition) is 4. The fourth-order valence-electron chi connectivity index (χ4n) is 3.84. The first-order chi connectivity index (χ1) is 13.1. The smallest absolute Gasteiger partial charge is 0.256 e. The number of H-pyrrole nitrogens is 1. The van der Waals surface area contributed by atoms with Crippen LogP contribution in [0.15, 0.2) is 42.9 Å². The predicted molar refractivity (Wildman–Crippen MR) is 102 cm³/mol. The van der Waals surface area contributed by atoms with Gasteiger partial charge in [-0.2, -0.15) is 0 Å². The van der Waals surface area contributed by atoms with Gasteiger partial charge < -0.3 is 14.8 Å². The first kappa shape index (κ1) is 17.5. The number of nitrogens with zero attached hydrogens (tertiary/aromatic N) is 4. The Labute approximate surface area is 157 Å². The van der Waals surface area contributed by atoms with E-state index in [1.165, 1.54) is 6.07 Å². The molecular weight excluding hydrogens is 345 g/mol. The molecule has 2 aromatic heterocycles. The number of likely N-dealkylation sites (tertiary alicyclic amines) is 1. The summed E-state index contributed by atoms with van der Waals surface area (Å²) in [4.78, 5) is 28.5. The molecule has 1 fully saturated rings. The van der Waals surface area contributed by atoms with Crippen LogP contribution in [0.4, 0.5) is 10.2 Å². The van der Waals surface area contributed by atoms with Gasteiger partial charge in [-0.05, 0) is 30.5 Å². The van der Waals surface area contributed by atoms with E-state index in [-0.39, 0.29) is 17.5 Å². The molecule has 7 heteroatoms. The van der Waals surface area contributed by atoms with Crippen LogP contribution in [0.1, 0.15) is 23.7 Å². The Hall–Kier alpha value is -2.96. The number of nitrogens with one attached hydrogen (secondary N) is 1. The third kappa shape index (κ3) is 3.13. The van der Waals surface area contributed by atoms with E-state index in [4.69, 9.17) is 0 Å². The number of piperidine rings is 1. The topological polar surface area (TPSA) is 65.1 Å². The largest absolute Gasteiger partial charge is 0.354 e. The summed E-state index contributed by atoms with van der Waals surface area (Å²) in [6.45, 7) is 3.34. The molecule has 1 N–H and O–H groups in total. The lowest BCUT2D eigenvalue weighted by atomic mass is 9.91. The molecule has 1 aromatic carbocycles. The third-order valence-corrected chi connectivity index (χ3v) is 5.47. The molecule has 1 saturated heterocycles. The van der Waals surface area contributed by atoms with Gasteiger partial charge in [0.25, 0.3) is 5.91 Å². The summed E-state index contributed by atoms with van der Waals surface area (Å²) in [6, 6.07) is 8.20. The van der Waals surface area contributed by atoms with E-state index in [9.17, 15) is 9.18 Å².